The summed E-state index contributed by atoms with van der Waals surface area (Å²) < 4.78 is 5.42. The van der Waals surface area contributed by atoms with Crippen LogP contribution in [0.25, 0.3) is 11.6 Å². The fourth-order valence-corrected chi connectivity index (χ4v) is 2.39. The third-order valence-electron chi connectivity index (χ3n) is 3.03. The van der Waals surface area contributed by atoms with Gasteiger partial charge in [-0.3, -0.25) is 0 Å². The summed E-state index contributed by atoms with van der Waals surface area (Å²) in [7, 11) is 1.77. The van der Waals surface area contributed by atoms with Crippen molar-refractivity contribution in [1.82, 2.24) is 0 Å². The molecule has 0 N–H and O–H groups in total. The Morgan fingerprint density at radius 2 is 2.00 bits per heavy atom. The van der Waals surface area contributed by atoms with Gasteiger partial charge < -0.3 is 4.74 Å². The maximum Gasteiger partial charge on any atom is 0.104 e. The summed E-state index contributed by atoms with van der Waals surface area (Å²) >= 11 is 0. The van der Waals surface area contributed by atoms with Crippen LogP contribution in [0, 0.1) is 0 Å². The van der Waals surface area contributed by atoms with Crippen molar-refractivity contribution >= 4 is 11.6 Å². The molecule has 0 amide bonds. The molecule has 1 aromatic carbocycles. The summed E-state index contributed by atoms with van der Waals surface area (Å²) in [5, 5.41) is 0. The predicted molar refractivity (Wildman–Crippen MR) is 57.6 cm³/mol. The first-order valence-electron chi connectivity index (χ1n) is 4.97. The molecule has 0 atom stereocenters. The predicted octanol–water partition coefficient (Wildman–Crippen LogP) is 3.23. The Hall–Kier alpha value is -1.50. The zero-order chi connectivity index (χ0) is 9.54. The number of hydrogen-bond acceptors (Lipinski definition) is 1. The Morgan fingerprint density at radius 1 is 1.14 bits per heavy atom. The van der Waals surface area contributed by atoms with Crippen molar-refractivity contribution in [1.29, 1.82) is 0 Å². The number of hydrogen-bond donors (Lipinski definition) is 0. The lowest BCUT2D eigenvalue weighted by atomic mass is 10.1. The fourth-order valence-electron chi connectivity index (χ4n) is 2.39. The Kier molecular flexibility index (Phi) is 1.54. The molecule has 2 aliphatic rings. The van der Waals surface area contributed by atoms with Gasteiger partial charge in [0.25, 0.3) is 0 Å². The molecular weight excluding hydrogens is 172 g/mol. The number of ether oxygens (including phenoxy) is 1. The Morgan fingerprint density at radius 3 is 2.86 bits per heavy atom. The molecule has 2 aliphatic carbocycles. The van der Waals surface area contributed by atoms with Gasteiger partial charge in [0.2, 0.25) is 0 Å². The molecule has 0 bridgehead atoms. The molecule has 0 saturated heterocycles. The van der Waals surface area contributed by atoms with Gasteiger partial charge in [0.1, 0.15) is 5.76 Å². The van der Waals surface area contributed by atoms with Crippen LogP contribution in [0.1, 0.15) is 24.0 Å². The molecule has 0 unspecified atom stereocenters. The first kappa shape index (κ1) is 7.86. The highest BCUT2D eigenvalue weighted by Crippen LogP contribution is 2.45. The maximum absolute atomic E-state index is 5.42. The van der Waals surface area contributed by atoms with Gasteiger partial charge in [0.15, 0.2) is 0 Å². The van der Waals surface area contributed by atoms with Crippen LogP contribution in [0.4, 0.5) is 0 Å². The standard InChI is InChI=1S/C13H12O/c1-14-12-7-6-10-8-9-4-2-3-5-11(9)13(10)12/h2-5,8H,6-7H2,1H3. The summed E-state index contributed by atoms with van der Waals surface area (Å²) in [5.74, 6) is 1.15. The second-order valence-electron chi connectivity index (χ2n) is 3.76. The van der Waals surface area contributed by atoms with Crippen molar-refractivity contribution in [3.63, 3.8) is 0 Å². The van der Waals surface area contributed by atoms with E-state index in [0.29, 0.717) is 0 Å². The van der Waals surface area contributed by atoms with E-state index in [-0.39, 0.29) is 0 Å². The molecule has 3 rings (SSSR count). The average molecular weight is 184 g/mol. The smallest absolute Gasteiger partial charge is 0.104 e. The highest BCUT2D eigenvalue weighted by atomic mass is 16.5. The second-order valence-corrected chi connectivity index (χ2v) is 3.76. The van der Waals surface area contributed by atoms with E-state index in [0.717, 1.165) is 18.6 Å². The van der Waals surface area contributed by atoms with E-state index >= 15 is 0 Å². The number of fused-ring (bicyclic) bond motifs is 3. The number of benzene rings is 1. The number of allylic oxidation sites excluding steroid dienone is 3. The Bertz CT molecular complexity index is 452. The molecule has 70 valence electrons. The lowest BCUT2D eigenvalue weighted by Crippen LogP contribution is -1.87. The largest absolute Gasteiger partial charge is 0.500 e. The summed E-state index contributed by atoms with van der Waals surface area (Å²) in [4.78, 5) is 0. The molecule has 1 heteroatoms. The molecular formula is C13H12O. The molecule has 0 aromatic heterocycles. The Labute approximate surface area is 83.7 Å². The summed E-state index contributed by atoms with van der Waals surface area (Å²) in [6.45, 7) is 0. The minimum Gasteiger partial charge on any atom is -0.500 e. The van der Waals surface area contributed by atoms with Crippen molar-refractivity contribution in [3.05, 3.63) is 46.7 Å². The first-order chi connectivity index (χ1) is 6.90. The number of methoxy groups -OCH3 is 1. The SMILES string of the molecule is COC1=C2C(=Cc3ccccc32)CC1. The average Bonchev–Trinajstić information content (AvgIpc) is 2.75. The van der Waals surface area contributed by atoms with E-state index in [1.165, 1.54) is 22.3 Å². The minimum absolute atomic E-state index is 1.06. The minimum atomic E-state index is 1.06. The zero-order valence-electron chi connectivity index (χ0n) is 8.21. The summed E-state index contributed by atoms with van der Waals surface area (Å²) in [6.07, 6.45) is 4.48. The molecule has 1 nitrogen and oxygen atoms in total. The van der Waals surface area contributed by atoms with Crippen LogP contribution in [0.15, 0.2) is 35.6 Å². The van der Waals surface area contributed by atoms with Gasteiger partial charge in [-0.15, -0.1) is 0 Å². The molecule has 1 aromatic rings. The normalized spacial score (nSPS) is 17.9. The van der Waals surface area contributed by atoms with Gasteiger partial charge >= 0.3 is 0 Å². The lowest BCUT2D eigenvalue weighted by molar-refractivity contribution is 0.284. The first-order valence-corrected chi connectivity index (χ1v) is 4.97. The van der Waals surface area contributed by atoms with Crippen LogP contribution >= 0.6 is 0 Å². The molecule has 0 saturated carbocycles. The topological polar surface area (TPSA) is 9.23 Å². The summed E-state index contributed by atoms with van der Waals surface area (Å²) in [6, 6.07) is 8.53. The third kappa shape index (κ3) is 0.897. The van der Waals surface area contributed by atoms with E-state index in [1.54, 1.807) is 7.11 Å². The van der Waals surface area contributed by atoms with Crippen LogP contribution in [0.3, 0.4) is 0 Å². The van der Waals surface area contributed by atoms with Crippen molar-refractivity contribution in [3.8, 4) is 0 Å². The van der Waals surface area contributed by atoms with E-state index in [1.807, 2.05) is 0 Å². The van der Waals surface area contributed by atoms with E-state index < -0.39 is 0 Å². The van der Waals surface area contributed by atoms with Crippen LogP contribution in [-0.2, 0) is 4.74 Å². The fraction of sp³-hybridized carbons (Fsp3) is 0.231. The zero-order valence-corrected chi connectivity index (χ0v) is 8.21. The van der Waals surface area contributed by atoms with Crippen molar-refractivity contribution in [2.75, 3.05) is 7.11 Å². The van der Waals surface area contributed by atoms with Crippen LogP contribution in [0.5, 0.6) is 0 Å². The van der Waals surface area contributed by atoms with Crippen molar-refractivity contribution in [2.24, 2.45) is 0 Å². The van der Waals surface area contributed by atoms with E-state index in [4.69, 9.17) is 4.74 Å². The van der Waals surface area contributed by atoms with Gasteiger partial charge in [0.05, 0.1) is 7.11 Å². The molecule has 0 aliphatic heterocycles. The van der Waals surface area contributed by atoms with Crippen LogP contribution in [-0.4, -0.2) is 7.11 Å². The lowest BCUT2D eigenvalue weighted by Gasteiger charge is -2.04. The van der Waals surface area contributed by atoms with Crippen molar-refractivity contribution in [2.45, 2.75) is 12.8 Å². The molecule has 0 spiro atoms. The van der Waals surface area contributed by atoms with Crippen LogP contribution in [0.2, 0.25) is 0 Å². The van der Waals surface area contributed by atoms with Gasteiger partial charge in [-0.1, -0.05) is 30.3 Å². The number of rotatable bonds is 1. The van der Waals surface area contributed by atoms with Crippen molar-refractivity contribution < 1.29 is 4.74 Å². The van der Waals surface area contributed by atoms with E-state index in [9.17, 15) is 0 Å². The maximum atomic E-state index is 5.42. The highest BCUT2D eigenvalue weighted by Gasteiger charge is 2.27. The molecule has 0 radical (unpaired) electrons. The van der Waals surface area contributed by atoms with Crippen LogP contribution < -0.4 is 0 Å². The van der Waals surface area contributed by atoms with E-state index in [2.05, 4.69) is 30.3 Å². The second kappa shape index (κ2) is 2.74. The van der Waals surface area contributed by atoms with Gasteiger partial charge in [0, 0.05) is 12.0 Å². The molecule has 0 fully saturated rings. The van der Waals surface area contributed by atoms with Gasteiger partial charge in [-0.05, 0) is 23.1 Å². The van der Waals surface area contributed by atoms with Gasteiger partial charge in [-0.25, -0.2) is 0 Å². The molecule has 14 heavy (non-hydrogen) atoms. The monoisotopic (exact) mass is 184 g/mol. The van der Waals surface area contributed by atoms with Gasteiger partial charge in [-0.2, -0.15) is 0 Å². The quantitative estimate of drug-likeness (QED) is 0.651. The highest BCUT2D eigenvalue weighted by molar-refractivity contribution is 5.96. The third-order valence-corrected chi connectivity index (χ3v) is 3.03. The summed E-state index contributed by atoms with van der Waals surface area (Å²) in [5.41, 5.74) is 5.48. The molecule has 0 heterocycles. The Balaban J connectivity index is 2.25.